The first-order valence-corrected chi connectivity index (χ1v) is 10.3. The Bertz CT molecular complexity index is 584. The molecule has 1 fully saturated rings. The van der Waals surface area contributed by atoms with Crippen molar-refractivity contribution in [3.63, 3.8) is 0 Å². The van der Waals surface area contributed by atoms with Gasteiger partial charge in [0.2, 0.25) is 10.0 Å². The SMILES string of the molecule is CCC1CN(S(=O)(=O)c2c(Br)cc(N)cc2Br)CCS1. The highest BCUT2D eigenvalue weighted by Crippen LogP contribution is 2.36. The molecule has 0 radical (unpaired) electrons. The number of hydrogen-bond acceptors (Lipinski definition) is 4. The molecule has 1 atom stereocenters. The highest BCUT2D eigenvalue weighted by molar-refractivity contribution is 9.11. The minimum Gasteiger partial charge on any atom is -0.399 e. The van der Waals surface area contributed by atoms with Crippen LogP contribution in [0.1, 0.15) is 13.3 Å². The van der Waals surface area contributed by atoms with Gasteiger partial charge in [0.05, 0.1) is 0 Å². The summed E-state index contributed by atoms with van der Waals surface area (Å²) < 4.78 is 28.2. The van der Waals surface area contributed by atoms with Crippen LogP contribution in [0, 0.1) is 0 Å². The van der Waals surface area contributed by atoms with E-state index in [1.54, 1.807) is 16.4 Å². The Balaban J connectivity index is 2.40. The Hall–Kier alpha value is 0.240. The van der Waals surface area contributed by atoms with Gasteiger partial charge in [-0.15, -0.1) is 0 Å². The zero-order chi connectivity index (χ0) is 14.9. The van der Waals surface area contributed by atoms with Crippen LogP contribution in [-0.2, 0) is 10.0 Å². The van der Waals surface area contributed by atoms with Gasteiger partial charge in [-0.3, -0.25) is 0 Å². The molecule has 0 bridgehead atoms. The van der Waals surface area contributed by atoms with E-state index in [0.29, 0.717) is 33.0 Å². The predicted molar refractivity (Wildman–Crippen MR) is 91.6 cm³/mol. The molecule has 1 aromatic carbocycles. The number of halogens is 2. The lowest BCUT2D eigenvalue weighted by molar-refractivity contribution is 0.415. The molecular formula is C12H16Br2N2O2S2. The lowest BCUT2D eigenvalue weighted by atomic mass is 10.3. The van der Waals surface area contributed by atoms with Crippen molar-refractivity contribution >= 4 is 59.3 Å². The van der Waals surface area contributed by atoms with Gasteiger partial charge in [0.25, 0.3) is 0 Å². The van der Waals surface area contributed by atoms with Crippen LogP contribution in [0.15, 0.2) is 26.0 Å². The van der Waals surface area contributed by atoms with E-state index in [-0.39, 0.29) is 4.90 Å². The summed E-state index contributed by atoms with van der Waals surface area (Å²) in [6.45, 7) is 3.20. The molecule has 1 saturated heterocycles. The predicted octanol–water partition coefficient (Wildman–Crippen LogP) is 3.31. The van der Waals surface area contributed by atoms with Gasteiger partial charge in [0, 0.05) is 38.7 Å². The number of nitrogen functional groups attached to an aromatic ring is 1. The summed E-state index contributed by atoms with van der Waals surface area (Å²) in [7, 11) is -3.51. The smallest absolute Gasteiger partial charge is 0.245 e. The summed E-state index contributed by atoms with van der Waals surface area (Å²) in [6, 6.07) is 3.24. The van der Waals surface area contributed by atoms with Crippen molar-refractivity contribution in [2.24, 2.45) is 0 Å². The van der Waals surface area contributed by atoms with E-state index < -0.39 is 10.0 Å². The fourth-order valence-corrected chi connectivity index (χ4v) is 7.53. The van der Waals surface area contributed by atoms with E-state index >= 15 is 0 Å². The van der Waals surface area contributed by atoms with Gasteiger partial charge in [0.15, 0.2) is 0 Å². The molecule has 0 spiro atoms. The van der Waals surface area contributed by atoms with Crippen LogP contribution >= 0.6 is 43.6 Å². The molecule has 8 heteroatoms. The first-order valence-electron chi connectivity index (χ1n) is 6.22. The first-order chi connectivity index (χ1) is 9.36. The Morgan fingerprint density at radius 2 is 2.00 bits per heavy atom. The number of nitrogens with zero attached hydrogens (tertiary/aromatic N) is 1. The van der Waals surface area contributed by atoms with Crippen molar-refractivity contribution in [3.05, 3.63) is 21.1 Å². The van der Waals surface area contributed by atoms with Crippen LogP contribution in [0.4, 0.5) is 5.69 Å². The third kappa shape index (κ3) is 3.35. The zero-order valence-electron chi connectivity index (χ0n) is 11.0. The zero-order valence-corrected chi connectivity index (χ0v) is 15.8. The second-order valence-electron chi connectivity index (χ2n) is 4.58. The van der Waals surface area contributed by atoms with E-state index in [9.17, 15) is 8.42 Å². The largest absolute Gasteiger partial charge is 0.399 e. The average molecular weight is 444 g/mol. The van der Waals surface area contributed by atoms with Crippen molar-refractivity contribution < 1.29 is 8.42 Å². The number of hydrogen-bond donors (Lipinski definition) is 1. The van der Waals surface area contributed by atoms with Crippen molar-refractivity contribution in [2.45, 2.75) is 23.5 Å². The Kier molecular flexibility index (Phi) is 5.45. The van der Waals surface area contributed by atoms with E-state index in [0.717, 1.165) is 12.2 Å². The summed E-state index contributed by atoms with van der Waals surface area (Å²) in [5, 5.41) is 0.366. The molecule has 1 aliphatic rings. The molecule has 1 unspecified atom stereocenters. The molecule has 1 aromatic rings. The van der Waals surface area contributed by atoms with E-state index in [1.165, 1.54) is 0 Å². The van der Waals surface area contributed by atoms with E-state index in [4.69, 9.17) is 5.73 Å². The molecule has 0 saturated carbocycles. The number of nitrogens with two attached hydrogens (primary N) is 1. The molecule has 4 nitrogen and oxygen atoms in total. The second-order valence-corrected chi connectivity index (χ2v) is 9.57. The van der Waals surface area contributed by atoms with Crippen LogP contribution in [0.5, 0.6) is 0 Å². The van der Waals surface area contributed by atoms with E-state index in [2.05, 4.69) is 38.8 Å². The van der Waals surface area contributed by atoms with E-state index in [1.807, 2.05) is 11.8 Å². The van der Waals surface area contributed by atoms with Crippen molar-refractivity contribution in [1.29, 1.82) is 0 Å². The lowest BCUT2D eigenvalue weighted by Crippen LogP contribution is -2.41. The number of thioether (sulfide) groups is 1. The summed E-state index contributed by atoms with van der Waals surface area (Å²) >= 11 is 8.46. The molecule has 0 amide bonds. The standard InChI is InChI=1S/C12H16Br2N2O2S2/c1-2-9-7-16(3-4-19-9)20(17,18)12-10(13)5-8(15)6-11(12)14/h5-6,9H,2-4,7,15H2,1H3. The second kappa shape index (κ2) is 6.56. The fourth-order valence-electron chi connectivity index (χ4n) is 2.11. The molecule has 2 rings (SSSR count). The third-order valence-electron chi connectivity index (χ3n) is 3.18. The Morgan fingerprint density at radius 3 is 2.55 bits per heavy atom. The molecule has 20 heavy (non-hydrogen) atoms. The molecule has 0 aliphatic carbocycles. The number of benzene rings is 1. The normalized spacial score (nSPS) is 21.1. The summed E-state index contributed by atoms with van der Waals surface area (Å²) in [5.41, 5.74) is 6.24. The molecular weight excluding hydrogens is 428 g/mol. The minimum atomic E-state index is -3.51. The number of anilines is 1. The number of rotatable bonds is 3. The maximum Gasteiger partial charge on any atom is 0.245 e. The van der Waals surface area contributed by atoms with Crippen molar-refractivity contribution in [3.8, 4) is 0 Å². The highest BCUT2D eigenvalue weighted by atomic mass is 79.9. The van der Waals surface area contributed by atoms with Gasteiger partial charge in [0.1, 0.15) is 4.90 Å². The molecule has 1 aliphatic heterocycles. The maximum absolute atomic E-state index is 12.8. The fraction of sp³-hybridized carbons (Fsp3) is 0.500. The minimum absolute atomic E-state index is 0.258. The van der Waals surface area contributed by atoms with Crippen LogP contribution in [0.3, 0.4) is 0 Å². The maximum atomic E-state index is 12.8. The third-order valence-corrected chi connectivity index (χ3v) is 8.29. The van der Waals surface area contributed by atoms with Crippen LogP contribution in [0.2, 0.25) is 0 Å². The van der Waals surface area contributed by atoms with Gasteiger partial charge < -0.3 is 5.73 Å². The van der Waals surface area contributed by atoms with Crippen molar-refractivity contribution in [2.75, 3.05) is 24.6 Å². The molecule has 1 heterocycles. The summed E-state index contributed by atoms with van der Waals surface area (Å²) in [5.74, 6) is 0.835. The number of sulfonamides is 1. The monoisotopic (exact) mass is 442 g/mol. The van der Waals surface area contributed by atoms with Gasteiger partial charge in [-0.25, -0.2) is 8.42 Å². The first kappa shape index (κ1) is 16.6. The average Bonchev–Trinajstić information content (AvgIpc) is 2.37. The van der Waals surface area contributed by atoms with Gasteiger partial charge in [-0.1, -0.05) is 6.92 Å². The molecule has 112 valence electrons. The summed E-state index contributed by atoms with van der Waals surface area (Å²) in [4.78, 5) is 0.258. The van der Waals surface area contributed by atoms with Crippen LogP contribution in [-0.4, -0.2) is 36.8 Å². The molecule has 0 aromatic heterocycles. The van der Waals surface area contributed by atoms with Crippen molar-refractivity contribution in [1.82, 2.24) is 4.31 Å². The van der Waals surface area contributed by atoms with Gasteiger partial charge in [-0.05, 0) is 50.4 Å². The van der Waals surface area contributed by atoms with Gasteiger partial charge in [-0.2, -0.15) is 16.1 Å². The highest BCUT2D eigenvalue weighted by Gasteiger charge is 2.32. The quantitative estimate of drug-likeness (QED) is 0.727. The van der Waals surface area contributed by atoms with Crippen LogP contribution < -0.4 is 5.73 Å². The molecule has 2 N–H and O–H groups in total. The topological polar surface area (TPSA) is 63.4 Å². The lowest BCUT2D eigenvalue weighted by Gasteiger charge is -2.31. The van der Waals surface area contributed by atoms with Crippen LogP contribution in [0.25, 0.3) is 0 Å². The Morgan fingerprint density at radius 1 is 1.40 bits per heavy atom. The summed E-state index contributed by atoms with van der Waals surface area (Å²) in [6.07, 6.45) is 0.973. The Labute approximate surface area is 140 Å². The van der Waals surface area contributed by atoms with Gasteiger partial charge >= 0.3 is 0 Å².